The van der Waals surface area contributed by atoms with Crippen LogP contribution < -0.4 is 11.1 Å². The second kappa shape index (κ2) is 15.5. The monoisotopic (exact) mass is 358 g/mol. The lowest BCUT2D eigenvalue weighted by atomic mass is 10.2. The number of allylic oxidation sites excluding steroid dienone is 1. The zero-order valence-electron chi connectivity index (χ0n) is 12.8. The molecule has 0 saturated heterocycles. The summed E-state index contributed by atoms with van der Waals surface area (Å²) in [6.45, 7) is 1.45. The third-order valence-electron chi connectivity index (χ3n) is 2.81. The second-order valence-electron chi connectivity index (χ2n) is 4.77. The van der Waals surface area contributed by atoms with E-state index in [9.17, 15) is 9.13 Å². The Morgan fingerprint density at radius 1 is 0.955 bits per heavy atom. The van der Waals surface area contributed by atoms with Crippen LogP contribution in [0.3, 0.4) is 0 Å². The molecule has 10 heteroatoms. The van der Waals surface area contributed by atoms with Crippen molar-refractivity contribution >= 4 is 16.5 Å². The standard InChI is InChI=1S/C12H28N2O6P2/c13-12(7-3-6-10-20-22(17)18)11-14-8-4-1-2-5-9-19-21(15)16/h11,14,21-22H,1-10,13H2,(H,15,16)(H,17,18)/b12-11-. The van der Waals surface area contributed by atoms with Gasteiger partial charge in [0.25, 0.3) is 0 Å². The molecule has 0 radical (unpaired) electrons. The summed E-state index contributed by atoms with van der Waals surface area (Å²) in [5, 5.41) is 3.13. The quantitative estimate of drug-likeness (QED) is 0.258. The van der Waals surface area contributed by atoms with Gasteiger partial charge in [0.1, 0.15) is 0 Å². The van der Waals surface area contributed by atoms with Gasteiger partial charge in [0.2, 0.25) is 0 Å². The molecule has 22 heavy (non-hydrogen) atoms. The molecule has 2 unspecified atom stereocenters. The zero-order valence-corrected chi connectivity index (χ0v) is 14.8. The van der Waals surface area contributed by atoms with Crippen molar-refractivity contribution in [2.75, 3.05) is 19.8 Å². The molecule has 2 atom stereocenters. The average Bonchev–Trinajstić information content (AvgIpc) is 2.44. The molecule has 0 aliphatic rings. The van der Waals surface area contributed by atoms with Gasteiger partial charge in [-0.3, -0.25) is 9.13 Å². The highest BCUT2D eigenvalue weighted by molar-refractivity contribution is 7.32. The third kappa shape index (κ3) is 17.7. The van der Waals surface area contributed by atoms with Crippen molar-refractivity contribution in [3.8, 4) is 0 Å². The SMILES string of the molecule is N/C(=C\NCCCCCCO[PH](=O)O)CCCCO[PH](=O)O. The fraction of sp³-hybridized carbons (Fsp3) is 0.833. The average molecular weight is 358 g/mol. The van der Waals surface area contributed by atoms with Crippen molar-refractivity contribution < 1.29 is 28.0 Å². The van der Waals surface area contributed by atoms with Gasteiger partial charge in [-0.25, -0.2) is 0 Å². The zero-order chi connectivity index (χ0) is 16.6. The molecule has 0 spiro atoms. The summed E-state index contributed by atoms with van der Waals surface area (Å²) in [4.78, 5) is 16.9. The minimum atomic E-state index is -2.81. The van der Waals surface area contributed by atoms with E-state index in [-0.39, 0.29) is 6.61 Å². The van der Waals surface area contributed by atoms with Crippen LogP contribution in [0.25, 0.3) is 0 Å². The van der Waals surface area contributed by atoms with E-state index in [0.717, 1.165) is 50.8 Å². The molecule has 0 aromatic heterocycles. The summed E-state index contributed by atoms with van der Waals surface area (Å²) in [6, 6.07) is 0. The Kier molecular flexibility index (Phi) is 15.3. The fourth-order valence-electron chi connectivity index (χ4n) is 1.71. The Balaban J connectivity index is 3.33. The Bertz CT molecular complexity index is 355. The summed E-state index contributed by atoms with van der Waals surface area (Å²) >= 11 is 0. The van der Waals surface area contributed by atoms with Crippen LogP contribution in [0.4, 0.5) is 0 Å². The molecule has 0 rings (SSSR count). The number of unbranched alkanes of at least 4 members (excludes halogenated alkanes) is 4. The molecule has 0 aliphatic heterocycles. The maximum absolute atomic E-state index is 10.3. The van der Waals surface area contributed by atoms with Gasteiger partial charge in [0.15, 0.2) is 0 Å². The molecule has 0 aromatic rings. The molecule has 5 N–H and O–H groups in total. The molecule has 132 valence electrons. The number of rotatable bonds is 15. The van der Waals surface area contributed by atoms with E-state index in [4.69, 9.17) is 15.5 Å². The van der Waals surface area contributed by atoms with Crippen molar-refractivity contribution in [2.45, 2.75) is 44.9 Å². The molecule has 0 aliphatic carbocycles. The summed E-state index contributed by atoms with van der Waals surface area (Å²) in [5.41, 5.74) is 6.56. The summed E-state index contributed by atoms with van der Waals surface area (Å²) in [7, 11) is -5.59. The third-order valence-corrected chi connectivity index (χ3v) is 3.72. The topological polar surface area (TPSA) is 131 Å². The van der Waals surface area contributed by atoms with E-state index in [1.807, 2.05) is 0 Å². The van der Waals surface area contributed by atoms with Gasteiger partial charge in [0, 0.05) is 18.4 Å². The minimum Gasteiger partial charge on any atom is -0.401 e. The van der Waals surface area contributed by atoms with Crippen molar-refractivity contribution in [3.05, 3.63) is 11.9 Å². The van der Waals surface area contributed by atoms with E-state index >= 15 is 0 Å². The minimum absolute atomic E-state index is 0.282. The predicted molar refractivity (Wildman–Crippen MR) is 86.9 cm³/mol. The fourth-order valence-corrected chi connectivity index (χ4v) is 2.35. The Morgan fingerprint density at radius 2 is 1.50 bits per heavy atom. The number of hydrogen-bond acceptors (Lipinski definition) is 6. The van der Waals surface area contributed by atoms with Crippen LogP contribution in [0.2, 0.25) is 0 Å². The van der Waals surface area contributed by atoms with Crippen molar-refractivity contribution in [1.82, 2.24) is 5.32 Å². The Hall–Kier alpha value is -0.360. The summed E-state index contributed by atoms with van der Waals surface area (Å²) < 4.78 is 29.7. The highest BCUT2D eigenvalue weighted by Crippen LogP contribution is 2.16. The lowest BCUT2D eigenvalue weighted by molar-refractivity contribution is 0.273. The molecular formula is C12H28N2O6P2. The van der Waals surface area contributed by atoms with Crippen LogP contribution in [-0.4, -0.2) is 29.5 Å². The van der Waals surface area contributed by atoms with Gasteiger partial charge in [-0.1, -0.05) is 12.8 Å². The van der Waals surface area contributed by atoms with Crippen LogP contribution in [-0.2, 0) is 18.2 Å². The van der Waals surface area contributed by atoms with Gasteiger partial charge in [-0.05, 0) is 32.1 Å². The molecule has 0 heterocycles. The van der Waals surface area contributed by atoms with Gasteiger partial charge in [-0.15, -0.1) is 0 Å². The Labute approximate surface area is 133 Å². The molecule has 8 nitrogen and oxygen atoms in total. The first-order chi connectivity index (χ1) is 10.5. The summed E-state index contributed by atoms with van der Waals surface area (Å²) in [6.07, 6.45) is 7.80. The van der Waals surface area contributed by atoms with Crippen molar-refractivity contribution in [3.63, 3.8) is 0 Å². The molecule has 0 saturated carbocycles. The lowest BCUT2D eigenvalue weighted by Gasteiger charge is -2.05. The molecule has 0 bridgehead atoms. The normalized spacial score (nSPS) is 14.7. The van der Waals surface area contributed by atoms with Crippen LogP contribution in [0.1, 0.15) is 44.9 Å². The highest BCUT2D eigenvalue weighted by atomic mass is 31.1. The first-order valence-electron chi connectivity index (χ1n) is 7.41. The van der Waals surface area contributed by atoms with Crippen molar-refractivity contribution in [1.29, 1.82) is 0 Å². The lowest BCUT2D eigenvalue weighted by Crippen LogP contribution is -2.11. The van der Waals surface area contributed by atoms with Gasteiger partial charge in [-0.2, -0.15) is 0 Å². The number of nitrogens with one attached hydrogen (secondary N) is 1. The first-order valence-corrected chi connectivity index (χ1v) is 9.94. The highest BCUT2D eigenvalue weighted by Gasteiger charge is 1.96. The summed E-state index contributed by atoms with van der Waals surface area (Å²) in [5.74, 6) is 0. The van der Waals surface area contributed by atoms with Gasteiger partial charge in [0.05, 0.1) is 13.2 Å². The van der Waals surface area contributed by atoms with Crippen LogP contribution >= 0.6 is 16.5 Å². The number of hydrogen-bond donors (Lipinski definition) is 4. The predicted octanol–water partition coefficient (Wildman–Crippen LogP) is 1.90. The molecule has 0 fully saturated rings. The maximum Gasteiger partial charge on any atom is 0.316 e. The maximum atomic E-state index is 10.3. The van der Waals surface area contributed by atoms with Gasteiger partial charge < -0.3 is 29.9 Å². The van der Waals surface area contributed by atoms with E-state index in [0.29, 0.717) is 13.0 Å². The second-order valence-corrected chi connectivity index (χ2v) is 6.41. The van der Waals surface area contributed by atoms with Crippen LogP contribution in [0, 0.1) is 0 Å². The largest absolute Gasteiger partial charge is 0.401 e. The van der Waals surface area contributed by atoms with E-state index < -0.39 is 16.5 Å². The van der Waals surface area contributed by atoms with Gasteiger partial charge >= 0.3 is 16.5 Å². The molecular weight excluding hydrogens is 330 g/mol. The van der Waals surface area contributed by atoms with E-state index in [2.05, 4.69) is 14.4 Å². The number of nitrogens with two attached hydrogens (primary N) is 1. The molecule has 0 amide bonds. The Morgan fingerprint density at radius 3 is 2.09 bits per heavy atom. The van der Waals surface area contributed by atoms with E-state index in [1.54, 1.807) is 6.20 Å². The van der Waals surface area contributed by atoms with Crippen LogP contribution in [0.5, 0.6) is 0 Å². The van der Waals surface area contributed by atoms with Crippen molar-refractivity contribution in [2.24, 2.45) is 5.73 Å². The molecule has 0 aromatic carbocycles. The first kappa shape index (κ1) is 21.6. The van der Waals surface area contributed by atoms with E-state index in [1.165, 1.54) is 0 Å². The van der Waals surface area contributed by atoms with Crippen LogP contribution in [0.15, 0.2) is 11.9 Å². The smallest absolute Gasteiger partial charge is 0.316 e.